The molecule has 0 radical (unpaired) electrons. The number of hydrogen-bond donors (Lipinski definition) is 3. The highest BCUT2D eigenvalue weighted by Gasteiger charge is 2.32. The lowest BCUT2D eigenvalue weighted by atomic mass is 9.99. The number of carbonyl (C=O) groups excluding carboxylic acids is 1. The molecule has 0 aliphatic carbocycles. The number of nitrogens with one attached hydrogen (secondary N) is 1. The maximum absolute atomic E-state index is 12.1. The molecule has 3 N–H and O–H groups in total. The quantitative estimate of drug-likeness (QED) is 0.147. The van der Waals surface area contributed by atoms with Gasteiger partial charge >= 0.3 is 5.97 Å². The van der Waals surface area contributed by atoms with Gasteiger partial charge in [-0.05, 0) is 53.3 Å². The Labute approximate surface area is 264 Å². The Bertz CT molecular complexity index is 1560. The molecule has 0 spiro atoms. The van der Waals surface area contributed by atoms with E-state index in [-0.39, 0.29) is 37.6 Å². The Morgan fingerprint density at radius 3 is 2.45 bits per heavy atom. The van der Waals surface area contributed by atoms with E-state index >= 15 is 0 Å². The van der Waals surface area contributed by atoms with Crippen molar-refractivity contribution in [2.45, 2.75) is 68.6 Å². The number of carboxylic acid groups (broad SMARTS) is 1. The lowest BCUT2D eigenvalue weighted by Crippen LogP contribution is -2.31. The summed E-state index contributed by atoms with van der Waals surface area (Å²) in [5, 5.41) is 30.4. The largest absolute Gasteiger partial charge is 0.481 e. The van der Waals surface area contributed by atoms with Crippen molar-refractivity contribution < 1.29 is 29.3 Å². The van der Waals surface area contributed by atoms with E-state index in [1.54, 1.807) is 23.1 Å². The van der Waals surface area contributed by atoms with Crippen LogP contribution in [0.15, 0.2) is 77.1 Å². The third kappa shape index (κ3) is 8.96. The third-order valence-corrected chi connectivity index (χ3v) is 9.32. The van der Waals surface area contributed by atoms with Gasteiger partial charge in [0, 0.05) is 37.1 Å². The number of amides is 1. The average Bonchev–Trinajstić information content (AvgIpc) is 3.47. The molecule has 3 atom stereocenters. The number of hydrogen-bond acceptors (Lipinski definition) is 9. The number of nitrogens with zero attached hydrogens (tertiary/aromatic N) is 2. The average molecular weight is 634 g/mol. The first-order valence-electron chi connectivity index (χ1n) is 14.5. The van der Waals surface area contributed by atoms with Crippen LogP contribution in [0.3, 0.4) is 0 Å². The first kappa shape index (κ1) is 31.8. The molecule has 1 aliphatic heterocycles. The summed E-state index contributed by atoms with van der Waals surface area (Å²) in [5.74, 6) is -0.356. The van der Waals surface area contributed by atoms with Crippen LogP contribution in [0.5, 0.6) is 0 Å². The second kappa shape index (κ2) is 15.4. The fourth-order valence-corrected chi connectivity index (χ4v) is 6.80. The van der Waals surface area contributed by atoms with Crippen molar-refractivity contribution in [1.82, 2.24) is 15.5 Å². The summed E-state index contributed by atoms with van der Waals surface area (Å²) in [7, 11) is 0. The van der Waals surface area contributed by atoms with E-state index in [0.29, 0.717) is 25.1 Å². The van der Waals surface area contributed by atoms with Crippen molar-refractivity contribution in [3.63, 3.8) is 0 Å². The molecule has 0 saturated carbocycles. The zero-order valence-corrected chi connectivity index (χ0v) is 26.0. The van der Waals surface area contributed by atoms with Gasteiger partial charge in [0.1, 0.15) is 5.01 Å². The summed E-state index contributed by atoms with van der Waals surface area (Å²) in [6, 6.07) is 23.9. The predicted octanol–water partition coefficient (Wildman–Crippen LogP) is 6.21. The van der Waals surface area contributed by atoms with Crippen molar-refractivity contribution >= 4 is 35.0 Å². The molecule has 230 valence electrons. The normalized spacial score (nSPS) is 18.2. The highest BCUT2D eigenvalue weighted by atomic mass is 32.2. The molecule has 5 rings (SSSR count). The van der Waals surface area contributed by atoms with E-state index < -0.39 is 12.3 Å². The zero-order valence-electron chi connectivity index (χ0n) is 24.3. The van der Waals surface area contributed by atoms with Crippen LogP contribution in [-0.2, 0) is 32.2 Å². The van der Waals surface area contributed by atoms with Crippen LogP contribution >= 0.6 is 23.1 Å². The van der Waals surface area contributed by atoms with Gasteiger partial charge < -0.3 is 25.0 Å². The van der Waals surface area contributed by atoms with Crippen molar-refractivity contribution in [3.8, 4) is 11.1 Å². The number of rotatable bonds is 13. The number of aliphatic carboxylic acids is 1. The fraction of sp³-hybridized carbons (Fsp3) is 0.333. The topological polar surface area (TPSA) is 131 Å². The summed E-state index contributed by atoms with van der Waals surface area (Å²) >= 11 is 3.21. The number of carbonyl (C=O) groups is 2. The van der Waals surface area contributed by atoms with E-state index in [9.17, 15) is 14.7 Å². The van der Waals surface area contributed by atoms with Gasteiger partial charge in [0.25, 0.3) is 0 Å². The number of aromatic nitrogens is 2. The van der Waals surface area contributed by atoms with Crippen LogP contribution in [-0.4, -0.2) is 44.1 Å². The predicted molar refractivity (Wildman–Crippen MR) is 169 cm³/mol. The second-order valence-corrected chi connectivity index (χ2v) is 13.0. The Morgan fingerprint density at radius 1 is 0.955 bits per heavy atom. The Morgan fingerprint density at radius 2 is 1.73 bits per heavy atom. The van der Waals surface area contributed by atoms with E-state index in [4.69, 9.17) is 14.6 Å². The van der Waals surface area contributed by atoms with Crippen LogP contribution in [0.2, 0.25) is 0 Å². The molecule has 1 amide bonds. The lowest BCUT2D eigenvalue weighted by Gasteiger charge is -2.36. The van der Waals surface area contributed by atoms with Gasteiger partial charge in [-0.15, -0.1) is 10.2 Å². The van der Waals surface area contributed by atoms with E-state index in [1.165, 1.54) is 0 Å². The van der Waals surface area contributed by atoms with Crippen molar-refractivity contribution in [3.05, 3.63) is 100 Å². The minimum Gasteiger partial charge on any atom is -0.481 e. The van der Waals surface area contributed by atoms with Crippen molar-refractivity contribution in [2.75, 3.05) is 5.75 Å². The molecule has 1 aromatic heterocycles. The maximum atomic E-state index is 12.1. The summed E-state index contributed by atoms with van der Waals surface area (Å²) < 4.78 is 14.0. The molecular formula is C33H35N3O6S2. The van der Waals surface area contributed by atoms with Gasteiger partial charge in [0.15, 0.2) is 10.6 Å². The molecular weight excluding hydrogens is 599 g/mol. The van der Waals surface area contributed by atoms with Crippen molar-refractivity contribution in [1.29, 1.82) is 0 Å². The van der Waals surface area contributed by atoms with Gasteiger partial charge in [-0.2, -0.15) is 0 Å². The fourth-order valence-electron chi connectivity index (χ4n) is 4.94. The Kier molecular flexibility index (Phi) is 11.1. The lowest BCUT2D eigenvalue weighted by molar-refractivity contribution is -0.245. The summed E-state index contributed by atoms with van der Waals surface area (Å²) in [6.07, 6.45) is 0.306. The van der Waals surface area contributed by atoms with Crippen LogP contribution in [0, 0.1) is 6.92 Å². The molecule has 4 aromatic rings. The molecule has 3 aromatic carbocycles. The number of carboxylic acids is 1. The number of thioether (sulfide) groups is 1. The molecule has 3 unspecified atom stereocenters. The Hall–Kier alpha value is -3.61. The molecule has 9 nitrogen and oxygen atoms in total. The molecule has 1 fully saturated rings. The zero-order chi connectivity index (χ0) is 30.9. The van der Waals surface area contributed by atoms with Crippen LogP contribution in [0.4, 0.5) is 0 Å². The number of aryl methyl sites for hydroxylation is 1. The Balaban J connectivity index is 1.30. The molecule has 11 heteroatoms. The summed E-state index contributed by atoms with van der Waals surface area (Å²) in [4.78, 5) is 22.8. The highest BCUT2D eigenvalue weighted by molar-refractivity contribution is 8.01. The first-order chi connectivity index (χ1) is 21.4. The standard InChI is InChI=1S/C33H35N3O6S2/c1-21-35-36-33(44-21)43-20-28-17-29(24-13-11-22(19-37)12-14-24)42-32(41-28)27-8-3-7-26(16-27)25-6-2-5-23(15-25)18-34-30(38)9-4-10-31(39)40/h2-3,5-8,11-16,28-29,32,37H,4,9-10,17-20H2,1H3,(H,34,38)(H,39,40). The van der Waals surface area contributed by atoms with Crippen LogP contribution < -0.4 is 5.32 Å². The molecule has 2 heterocycles. The van der Waals surface area contributed by atoms with Gasteiger partial charge in [-0.3, -0.25) is 9.59 Å². The SMILES string of the molecule is Cc1nnc(SCC2CC(c3ccc(CO)cc3)OC(c3cccc(-c4cccc(CNC(=O)CCCC(=O)O)c4)c3)O2)s1. The number of aliphatic hydroxyl groups is 1. The van der Waals surface area contributed by atoms with Gasteiger partial charge in [0.05, 0.1) is 18.8 Å². The third-order valence-electron chi connectivity index (χ3n) is 7.22. The molecule has 44 heavy (non-hydrogen) atoms. The van der Waals surface area contributed by atoms with E-state index in [1.807, 2.05) is 73.7 Å². The van der Waals surface area contributed by atoms with Crippen LogP contribution in [0.25, 0.3) is 11.1 Å². The number of benzene rings is 3. The summed E-state index contributed by atoms with van der Waals surface area (Å²) in [6.45, 7) is 2.29. The van der Waals surface area contributed by atoms with Crippen molar-refractivity contribution in [2.24, 2.45) is 0 Å². The molecule has 1 saturated heterocycles. The highest BCUT2D eigenvalue weighted by Crippen LogP contribution is 2.40. The summed E-state index contributed by atoms with van der Waals surface area (Å²) in [5.41, 5.74) is 5.72. The number of ether oxygens (including phenoxy) is 2. The monoisotopic (exact) mass is 633 g/mol. The van der Waals surface area contributed by atoms with Gasteiger partial charge in [-0.25, -0.2) is 0 Å². The van der Waals surface area contributed by atoms with Gasteiger partial charge in [-0.1, -0.05) is 83.8 Å². The number of aliphatic hydroxyl groups excluding tert-OH is 1. The minimum atomic E-state index is -0.901. The second-order valence-electron chi connectivity index (χ2n) is 10.6. The van der Waals surface area contributed by atoms with Crippen LogP contribution in [0.1, 0.15) is 65.3 Å². The first-order valence-corrected chi connectivity index (χ1v) is 16.3. The smallest absolute Gasteiger partial charge is 0.303 e. The molecule has 1 aliphatic rings. The van der Waals surface area contributed by atoms with Gasteiger partial charge in [0.2, 0.25) is 5.91 Å². The minimum absolute atomic E-state index is 0.00870. The van der Waals surface area contributed by atoms with E-state index in [0.717, 1.165) is 42.7 Å². The maximum Gasteiger partial charge on any atom is 0.303 e. The van der Waals surface area contributed by atoms with E-state index in [2.05, 4.69) is 21.6 Å². The molecule has 0 bridgehead atoms.